The molecular formula is C34H32N2O4. The summed E-state index contributed by atoms with van der Waals surface area (Å²) in [7, 11) is 0. The van der Waals surface area contributed by atoms with E-state index in [1.54, 1.807) is 13.8 Å². The topological polar surface area (TPSA) is 100 Å². The lowest BCUT2D eigenvalue weighted by atomic mass is 9.72. The second kappa shape index (κ2) is 11.8. The summed E-state index contributed by atoms with van der Waals surface area (Å²) in [6.07, 6.45) is 5.24. The summed E-state index contributed by atoms with van der Waals surface area (Å²) in [4.78, 5) is 22.5. The van der Waals surface area contributed by atoms with Crippen molar-refractivity contribution in [3.63, 3.8) is 0 Å². The Hall–Kier alpha value is -4.42. The highest BCUT2D eigenvalue weighted by molar-refractivity contribution is 5.95. The van der Waals surface area contributed by atoms with E-state index in [1.165, 1.54) is 0 Å². The number of rotatable bonds is 10. The smallest absolute Gasteiger partial charge is 0.129 e. The van der Waals surface area contributed by atoms with Crippen LogP contribution in [-0.4, -0.2) is 24.8 Å². The van der Waals surface area contributed by atoms with Crippen LogP contribution in [0.2, 0.25) is 0 Å². The number of Topliss-reactive ketones (excluding diaryl/α,β-unsaturated/α-hetero) is 2. The van der Waals surface area contributed by atoms with Crippen LogP contribution in [0.15, 0.2) is 36.4 Å². The van der Waals surface area contributed by atoms with Gasteiger partial charge in [-0.25, -0.2) is 0 Å². The number of fused-ring (bicyclic) bond motifs is 7. The van der Waals surface area contributed by atoms with E-state index in [0.717, 1.165) is 68.8 Å². The van der Waals surface area contributed by atoms with Crippen molar-refractivity contribution in [3.05, 3.63) is 69.8 Å². The number of nitrogens with zero attached hydrogens (tertiary/aromatic N) is 2. The van der Waals surface area contributed by atoms with Crippen molar-refractivity contribution in [2.24, 2.45) is 0 Å². The van der Waals surface area contributed by atoms with E-state index in [1.807, 2.05) is 12.1 Å². The van der Waals surface area contributed by atoms with E-state index in [4.69, 9.17) is 9.47 Å². The highest BCUT2D eigenvalue weighted by atomic mass is 16.5. The van der Waals surface area contributed by atoms with Crippen LogP contribution in [0.5, 0.6) is 11.5 Å². The van der Waals surface area contributed by atoms with Gasteiger partial charge in [-0.15, -0.1) is 0 Å². The number of ketones is 2. The van der Waals surface area contributed by atoms with Crippen molar-refractivity contribution in [3.8, 4) is 45.9 Å². The third-order valence-electron chi connectivity index (χ3n) is 7.80. The van der Waals surface area contributed by atoms with E-state index in [0.29, 0.717) is 62.9 Å². The maximum absolute atomic E-state index is 11.2. The van der Waals surface area contributed by atoms with Gasteiger partial charge in [0.15, 0.2) is 0 Å². The first-order chi connectivity index (χ1) is 19.4. The molecule has 3 aromatic rings. The van der Waals surface area contributed by atoms with E-state index in [2.05, 4.69) is 36.4 Å². The predicted molar refractivity (Wildman–Crippen MR) is 152 cm³/mol. The summed E-state index contributed by atoms with van der Waals surface area (Å²) in [5.74, 6) is 1.88. The van der Waals surface area contributed by atoms with Crippen LogP contribution in [0.3, 0.4) is 0 Å². The van der Waals surface area contributed by atoms with Crippen molar-refractivity contribution >= 4 is 11.6 Å². The molecule has 0 aliphatic heterocycles. The molecule has 2 aliphatic carbocycles. The number of ether oxygens (including phenoxy) is 2. The summed E-state index contributed by atoms with van der Waals surface area (Å²) >= 11 is 0. The average Bonchev–Trinajstić information content (AvgIpc) is 2.95. The molecule has 0 bridgehead atoms. The van der Waals surface area contributed by atoms with E-state index in [9.17, 15) is 20.1 Å². The standard InChI is InChI=1S/C34H32N2O4/c1-21(37)5-3-15-39-25-9-13-27-23(17-25)7-11-29-31(19-35)32(20-36)30-12-8-24-18-26(40-16-4-6-22(2)38)10-14-28(24)34(30)33(27)29/h9-10,13-14,17-18H,3-8,11-12,15-16H2,1-2H3. The Morgan fingerprint density at radius 1 is 0.700 bits per heavy atom. The fourth-order valence-corrected chi connectivity index (χ4v) is 5.96. The Kier molecular flexibility index (Phi) is 7.99. The number of carbonyl (C=O) groups excluding carboxylic acids is 2. The molecule has 6 nitrogen and oxygen atoms in total. The Bertz CT molecular complexity index is 1470. The Morgan fingerprint density at radius 3 is 1.50 bits per heavy atom. The van der Waals surface area contributed by atoms with Gasteiger partial charge in [0.2, 0.25) is 0 Å². The molecular weight excluding hydrogens is 500 g/mol. The molecule has 0 heterocycles. The van der Waals surface area contributed by atoms with Gasteiger partial charge < -0.3 is 19.1 Å². The summed E-state index contributed by atoms with van der Waals surface area (Å²) < 4.78 is 11.9. The number of hydrogen-bond donors (Lipinski definition) is 0. The number of aryl methyl sites for hydroxylation is 2. The zero-order chi connectivity index (χ0) is 28.2. The van der Waals surface area contributed by atoms with Gasteiger partial charge in [0, 0.05) is 12.8 Å². The molecule has 202 valence electrons. The molecule has 0 aromatic heterocycles. The molecule has 2 aliphatic rings. The maximum atomic E-state index is 11.2. The summed E-state index contributed by atoms with van der Waals surface area (Å²) in [5, 5.41) is 20.3. The van der Waals surface area contributed by atoms with Crippen LogP contribution in [-0.2, 0) is 35.3 Å². The monoisotopic (exact) mass is 532 g/mol. The number of nitriles is 2. The molecule has 0 saturated carbocycles. The molecule has 40 heavy (non-hydrogen) atoms. The average molecular weight is 533 g/mol. The van der Waals surface area contributed by atoms with Crippen LogP contribution in [0.4, 0.5) is 0 Å². The van der Waals surface area contributed by atoms with Gasteiger partial charge in [-0.3, -0.25) is 0 Å². The molecule has 0 spiro atoms. The van der Waals surface area contributed by atoms with E-state index >= 15 is 0 Å². The van der Waals surface area contributed by atoms with E-state index < -0.39 is 0 Å². The normalized spacial score (nSPS) is 12.6. The lowest BCUT2D eigenvalue weighted by Crippen LogP contribution is -2.16. The molecule has 0 atom stereocenters. The third-order valence-corrected chi connectivity index (χ3v) is 7.80. The fourth-order valence-electron chi connectivity index (χ4n) is 5.96. The number of benzene rings is 3. The first-order valence-corrected chi connectivity index (χ1v) is 13.9. The molecule has 0 radical (unpaired) electrons. The number of hydrogen-bond acceptors (Lipinski definition) is 6. The molecule has 5 rings (SSSR count). The zero-order valence-electron chi connectivity index (χ0n) is 23.1. The van der Waals surface area contributed by atoms with Gasteiger partial charge in [-0.2, -0.15) is 10.5 Å². The fraction of sp³-hybridized carbons (Fsp3) is 0.353. The first kappa shape index (κ1) is 27.2. The SMILES string of the molecule is CC(=O)CCCOc1ccc2c(c1)CCc1c(C#N)c(C#N)c3c(c1-2)-c1ccc(OCCCC(C)=O)cc1CC3. The van der Waals surface area contributed by atoms with Gasteiger partial charge in [0.1, 0.15) is 35.2 Å². The zero-order valence-corrected chi connectivity index (χ0v) is 23.1. The van der Waals surface area contributed by atoms with Gasteiger partial charge in [0.05, 0.1) is 24.3 Å². The van der Waals surface area contributed by atoms with Crippen molar-refractivity contribution in [1.82, 2.24) is 0 Å². The molecule has 3 aromatic carbocycles. The molecule has 6 heteroatoms. The maximum Gasteiger partial charge on any atom is 0.129 e. The summed E-state index contributed by atoms with van der Waals surface area (Å²) in [6.45, 7) is 4.15. The number of carbonyl (C=O) groups is 2. The highest BCUT2D eigenvalue weighted by Crippen LogP contribution is 2.49. The lowest BCUT2D eigenvalue weighted by molar-refractivity contribution is -0.118. The van der Waals surface area contributed by atoms with Gasteiger partial charge in [-0.1, -0.05) is 12.1 Å². The van der Waals surface area contributed by atoms with Crippen LogP contribution in [0.1, 0.15) is 72.9 Å². The Morgan fingerprint density at radius 2 is 1.12 bits per heavy atom. The van der Waals surface area contributed by atoms with Crippen LogP contribution >= 0.6 is 0 Å². The summed E-state index contributed by atoms with van der Waals surface area (Å²) in [5.41, 5.74) is 9.45. The Labute approximate surface area is 235 Å². The lowest BCUT2D eigenvalue weighted by Gasteiger charge is -2.31. The first-order valence-electron chi connectivity index (χ1n) is 13.9. The Balaban J connectivity index is 1.55. The van der Waals surface area contributed by atoms with Gasteiger partial charge in [-0.05, 0) is 121 Å². The van der Waals surface area contributed by atoms with Crippen molar-refractivity contribution < 1.29 is 19.1 Å². The highest BCUT2D eigenvalue weighted by Gasteiger charge is 2.32. The minimum atomic E-state index is 0.160. The molecule has 0 N–H and O–H groups in total. The molecule has 0 saturated heterocycles. The molecule has 0 fully saturated rings. The van der Waals surface area contributed by atoms with Gasteiger partial charge in [0.25, 0.3) is 0 Å². The minimum Gasteiger partial charge on any atom is -0.494 e. The third kappa shape index (κ3) is 5.36. The van der Waals surface area contributed by atoms with Crippen LogP contribution in [0.25, 0.3) is 22.3 Å². The van der Waals surface area contributed by atoms with Crippen LogP contribution < -0.4 is 9.47 Å². The minimum absolute atomic E-state index is 0.160. The van der Waals surface area contributed by atoms with Crippen LogP contribution in [0, 0.1) is 22.7 Å². The second-order valence-electron chi connectivity index (χ2n) is 10.6. The van der Waals surface area contributed by atoms with Crippen molar-refractivity contribution in [2.45, 2.75) is 65.2 Å². The van der Waals surface area contributed by atoms with Crippen molar-refractivity contribution in [2.75, 3.05) is 13.2 Å². The predicted octanol–water partition coefficient (Wildman–Crippen LogP) is 6.46. The summed E-state index contributed by atoms with van der Waals surface area (Å²) in [6, 6.07) is 16.9. The second-order valence-corrected chi connectivity index (χ2v) is 10.6. The van der Waals surface area contributed by atoms with Gasteiger partial charge >= 0.3 is 0 Å². The van der Waals surface area contributed by atoms with E-state index in [-0.39, 0.29) is 11.6 Å². The largest absolute Gasteiger partial charge is 0.494 e. The van der Waals surface area contributed by atoms with Crippen molar-refractivity contribution in [1.29, 1.82) is 10.5 Å². The molecule has 0 unspecified atom stereocenters. The molecule has 0 amide bonds. The quantitative estimate of drug-likeness (QED) is 0.278.